The van der Waals surface area contributed by atoms with Crippen LogP contribution >= 0.6 is 15.9 Å². The maximum absolute atomic E-state index is 11.9. The number of halogens is 1. The summed E-state index contributed by atoms with van der Waals surface area (Å²) < 4.78 is 31.0. The van der Waals surface area contributed by atoms with Crippen LogP contribution in [-0.2, 0) is 14.8 Å². The molecular formula is C16H15BrN2O4S. The van der Waals surface area contributed by atoms with Crippen LogP contribution in [0.25, 0.3) is 6.08 Å². The number of nitrogens with one attached hydrogen (secondary N) is 1. The Bertz CT molecular complexity index is 872. The van der Waals surface area contributed by atoms with Crippen LogP contribution in [0.4, 0.5) is 11.4 Å². The number of hydrogen-bond donors (Lipinski definition) is 1. The van der Waals surface area contributed by atoms with E-state index in [9.17, 15) is 13.2 Å². The fourth-order valence-electron chi connectivity index (χ4n) is 2.40. The average Bonchev–Trinajstić information content (AvgIpc) is 3.11. The maximum atomic E-state index is 11.9. The Labute approximate surface area is 148 Å². The van der Waals surface area contributed by atoms with Gasteiger partial charge >= 0.3 is 0 Å². The number of nitrogens with zero attached hydrogens (tertiary/aromatic N) is 1. The van der Waals surface area contributed by atoms with Gasteiger partial charge < -0.3 is 9.73 Å². The highest BCUT2D eigenvalue weighted by molar-refractivity contribution is 9.10. The minimum atomic E-state index is -3.19. The van der Waals surface area contributed by atoms with Gasteiger partial charge in [-0.15, -0.1) is 0 Å². The third kappa shape index (κ3) is 3.88. The molecule has 1 aromatic heterocycles. The molecule has 1 aromatic carbocycles. The first-order chi connectivity index (χ1) is 11.4. The molecule has 126 valence electrons. The van der Waals surface area contributed by atoms with Crippen LogP contribution in [0.5, 0.6) is 0 Å². The molecule has 8 heteroatoms. The van der Waals surface area contributed by atoms with Gasteiger partial charge in [0.1, 0.15) is 5.76 Å². The molecule has 0 bridgehead atoms. The van der Waals surface area contributed by atoms with Gasteiger partial charge in [-0.25, -0.2) is 8.42 Å². The molecule has 1 saturated heterocycles. The van der Waals surface area contributed by atoms with Crippen molar-refractivity contribution in [3.05, 3.63) is 52.9 Å². The van der Waals surface area contributed by atoms with E-state index in [4.69, 9.17) is 4.42 Å². The smallest absolute Gasteiger partial charge is 0.248 e. The molecule has 6 nitrogen and oxygen atoms in total. The monoisotopic (exact) mass is 410 g/mol. The highest BCUT2D eigenvalue weighted by Gasteiger charge is 2.28. The molecule has 1 N–H and O–H groups in total. The van der Waals surface area contributed by atoms with Crippen LogP contribution in [-0.4, -0.2) is 26.6 Å². The molecule has 0 radical (unpaired) electrons. The van der Waals surface area contributed by atoms with Gasteiger partial charge in [-0.1, -0.05) is 0 Å². The summed E-state index contributed by atoms with van der Waals surface area (Å²) in [6.45, 7) is 0.496. The van der Waals surface area contributed by atoms with Crippen LogP contribution in [0, 0.1) is 0 Å². The number of furan rings is 1. The van der Waals surface area contributed by atoms with Crippen molar-refractivity contribution in [1.82, 2.24) is 0 Å². The van der Waals surface area contributed by atoms with Crippen molar-refractivity contribution in [2.45, 2.75) is 6.42 Å². The summed E-state index contributed by atoms with van der Waals surface area (Å²) >= 11 is 3.19. The van der Waals surface area contributed by atoms with E-state index in [0.29, 0.717) is 34.8 Å². The Balaban J connectivity index is 1.64. The van der Waals surface area contributed by atoms with E-state index in [1.54, 1.807) is 42.5 Å². The summed E-state index contributed by atoms with van der Waals surface area (Å²) in [6, 6.07) is 10.2. The molecule has 0 aliphatic carbocycles. The van der Waals surface area contributed by atoms with Gasteiger partial charge in [-0.05, 0) is 64.8 Å². The number of benzene rings is 1. The SMILES string of the molecule is O=C(/C=C/c1ccc(Br)o1)Nc1ccc(N2CCCS2(=O)=O)cc1. The summed E-state index contributed by atoms with van der Waals surface area (Å²) in [5.74, 6) is 0.440. The third-order valence-corrected chi connectivity index (χ3v) is 5.81. The minimum absolute atomic E-state index is 0.180. The van der Waals surface area contributed by atoms with Gasteiger partial charge in [-0.3, -0.25) is 9.10 Å². The molecule has 3 rings (SSSR count). The van der Waals surface area contributed by atoms with E-state index in [-0.39, 0.29) is 11.7 Å². The molecule has 2 heterocycles. The third-order valence-electron chi connectivity index (χ3n) is 3.52. The van der Waals surface area contributed by atoms with E-state index in [1.165, 1.54) is 10.4 Å². The summed E-state index contributed by atoms with van der Waals surface area (Å²) in [6.07, 6.45) is 3.56. The Hall–Kier alpha value is -2.06. The van der Waals surface area contributed by atoms with E-state index in [0.717, 1.165) is 0 Å². The second kappa shape index (κ2) is 6.82. The van der Waals surface area contributed by atoms with Crippen molar-refractivity contribution in [3.8, 4) is 0 Å². The lowest BCUT2D eigenvalue weighted by Gasteiger charge is -2.17. The number of carbonyl (C=O) groups is 1. The van der Waals surface area contributed by atoms with Gasteiger partial charge in [0.05, 0.1) is 11.4 Å². The molecule has 0 atom stereocenters. The van der Waals surface area contributed by atoms with Crippen molar-refractivity contribution in [2.24, 2.45) is 0 Å². The number of amides is 1. The number of carbonyl (C=O) groups excluding carboxylic acids is 1. The quantitative estimate of drug-likeness (QED) is 0.784. The van der Waals surface area contributed by atoms with Crippen LogP contribution in [0.1, 0.15) is 12.2 Å². The van der Waals surface area contributed by atoms with E-state index in [2.05, 4.69) is 21.2 Å². The summed E-state index contributed by atoms with van der Waals surface area (Å²) in [5.41, 5.74) is 1.20. The molecule has 0 saturated carbocycles. The number of rotatable bonds is 4. The molecule has 2 aromatic rings. The normalized spacial score (nSPS) is 16.6. The molecule has 0 spiro atoms. The van der Waals surface area contributed by atoms with E-state index in [1.807, 2.05) is 0 Å². The Morgan fingerprint density at radius 2 is 1.96 bits per heavy atom. The zero-order valence-electron chi connectivity index (χ0n) is 12.6. The molecular weight excluding hydrogens is 396 g/mol. The van der Waals surface area contributed by atoms with Crippen LogP contribution in [0.3, 0.4) is 0 Å². The summed E-state index contributed by atoms with van der Waals surface area (Å²) in [5, 5.41) is 2.71. The van der Waals surface area contributed by atoms with Crippen molar-refractivity contribution in [2.75, 3.05) is 21.9 Å². The number of anilines is 2. The minimum Gasteiger partial charge on any atom is -0.450 e. The molecule has 0 unspecified atom stereocenters. The van der Waals surface area contributed by atoms with Gasteiger partial charge in [0.2, 0.25) is 15.9 Å². The second-order valence-electron chi connectivity index (χ2n) is 5.25. The first kappa shape index (κ1) is 16.8. The van der Waals surface area contributed by atoms with Crippen molar-refractivity contribution in [3.63, 3.8) is 0 Å². The lowest BCUT2D eigenvalue weighted by Crippen LogP contribution is -2.24. The fraction of sp³-hybridized carbons (Fsp3) is 0.188. The van der Waals surface area contributed by atoms with E-state index >= 15 is 0 Å². The molecule has 1 aliphatic heterocycles. The van der Waals surface area contributed by atoms with Crippen molar-refractivity contribution >= 4 is 49.3 Å². The van der Waals surface area contributed by atoms with Crippen molar-refractivity contribution in [1.29, 1.82) is 0 Å². The zero-order valence-corrected chi connectivity index (χ0v) is 15.0. The standard InChI is InChI=1S/C16H15BrN2O4S/c17-15-8-6-14(23-15)7-9-16(20)18-12-2-4-13(5-3-12)19-10-1-11-24(19,21)22/h2-9H,1,10-11H2,(H,18,20)/b9-7+. The Kier molecular flexibility index (Phi) is 4.77. The molecule has 1 amide bonds. The lowest BCUT2D eigenvalue weighted by atomic mass is 10.2. The predicted octanol–water partition coefficient (Wildman–Crippen LogP) is 3.23. The highest BCUT2D eigenvalue weighted by atomic mass is 79.9. The van der Waals surface area contributed by atoms with Crippen molar-refractivity contribution < 1.29 is 17.6 Å². The van der Waals surface area contributed by atoms with Gasteiger partial charge in [0, 0.05) is 18.3 Å². The largest absolute Gasteiger partial charge is 0.450 e. The van der Waals surface area contributed by atoms with Crippen LogP contribution < -0.4 is 9.62 Å². The number of sulfonamides is 1. The van der Waals surface area contributed by atoms with Crippen LogP contribution in [0.15, 0.2) is 51.6 Å². The summed E-state index contributed by atoms with van der Waals surface area (Å²) in [4.78, 5) is 11.9. The average molecular weight is 411 g/mol. The highest BCUT2D eigenvalue weighted by Crippen LogP contribution is 2.25. The topological polar surface area (TPSA) is 79.6 Å². The predicted molar refractivity (Wildman–Crippen MR) is 96.3 cm³/mol. The van der Waals surface area contributed by atoms with Crippen LogP contribution in [0.2, 0.25) is 0 Å². The molecule has 1 fully saturated rings. The zero-order chi connectivity index (χ0) is 17.2. The summed E-state index contributed by atoms with van der Waals surface area (Å²) in [7, 11) is -3.19. The Morgan fingerprint density at radius 1 is 1.21 bits per heavy atom. The molecule has 24 heavy (non-hydrogen) atoms. The van der Waals surface area contributed by atoms with Gasteiger partial charge in [0.15, 0.2) is 4.67 Å². The Morgan fingerprint density at radius 3 is 2.54 bits per heavy atom. The van der Waals surface area contributed by atoms with Gasteiger partial charge in [-0.2, -0.15) is 0 Å². The van der Waals surface area contributed by atoms with E-state index < -0.39 is 10.0 Å². The first-order valence-corrected chi connectivity index (χ1v) is 9.69. The first-order valence-electron chi connectivity index (χ1n) is 7.29. The second-order valence-corrected chi connectivity index (χ2v) is 8.05. The van der Waals surface area contributed by atoms with Gasteiger partial charge in [0.25, 0.3) is 0 Å². The lowest BCUT2D eigenvalue weighted by molar-refractivity contribution is -0.111. The maximum Gasteiger partial charge on any atom is 0.248 e. The fourth-order valence-corrected chi connectivity index (χ4v) is 4.28. The number of hydrogen-bond acceptors (Lipinski definition) is 4. The molecule has 1 aliphatic rings.